The number of hydrogen-bond acceptors (Lipinski definition) is 5. The topological polar surface area (TPSA) is 84.2 Å². The normalized spacial score (nSPS) is 13.4. The number of sulfone groups is 1. The zero-order valence-corrected chi connectivity index (χ0v) is 17.5. The summed E-state index contributed by atoms with van der Waals surface area (Å²) in [5, 5.41) is 10.5. The van der Waals surface area contributed by atoms with Crippen molar-refractivity contribution in [2.45, 2.75) is 18.6 Å². The standard InChI is InChI=1S/C20H19Cl2NO4S/c1-2-27-20(24)18(11-23)19(15-5-9-17(22)10-6-15)13-28(25,26)12-14-3-7-16(21)8-4-14/h3-10,18-19H,2,12-13H2,1H3. The second kappa shape index (κ2) is 9.92. The van der Waals surface area contributed by atoms with Gasteiger partial charge >= 0.3 is 5.97 Å². The molecule has 0 saturated heterocycles. The summed E-state index contributed by atoms with van der Waals surface area (Å²) in [6.07, 6.45) is 0. The molecule has 8 heteroatoms. The first-order valence-corrected chi connectivity index (χ1v) is 11.1. The van der Waals surface area contributed by atoms with Gasteiger partial charge in [-0.25, -0.2) is 8.42 Å². The highest BCUT2D eigenvalue weighted by atomic mass is 35.5. The zero-order chi connectivity index (χ0) is 20.7. The molecule has 0 aliphatic rings. The predicted molar refractivity (Wildman–Crippen MR) is 109 cm³/mol. The maximum atomic E-state index is 12.8. The van der Waals surface area contributed by atoms with Gasteiger partial charge in [-0.15, -0.1) is 0 Å². The molecule has 0 aromatic heterocycles. The van der Waals surface area contributed by atoms with Crippen molar-refractivity contribution in [2.24, 2.45) is 5.92 Å². The maximum absolute atomic E-state index is 12.8. The third kappa shape index (κ3) is 6.23. The minimum absolute atomic E-state index is 0.0991. The summed E-state index contributed by atoms with van der Waals surface area (Å²) in [7, 11) is -3.64. The molecule has 0 amide bonds. The quantitative estimate of drug-likeness (QED) is 0.569. The molecule has 0 aliphatic carbocycles. The highest BCUT2D eigenvalue weighted by Gasteiger charge is 2.34. The number of nitriles is 1. The minimum Gasteiger partial charge on any atom is -0.465 e. The highest BCUT2D eigenvalue weighted by molar-refractivity contribution is 7.90. The summed E-state index contributed by atoms with van der Waals surface area (Å²) in [5.74, 6) is -3.48. The SMILES string of the molecule is CCOC(=O)C(C#N)C(CS(=O)(=O)Cc1ccc(Cl)cc1)c1ccc(Cl)cc1. The van der Waals surface area contributed by atoms with Gasteiger partial charge in [0.25, 0.3) is 0 Å². The zero-order valence-electron chi connectivity index (χ0n) is 15.1. The second-order valence-corrected chi connectivity index (χ2v) is 9.18. The Morgan fingerprint density at radius 2 is 1.61 bits per heavy atom. The molecule has 2 aromatic rings. The lowest BCUT2D eigenvalue weighted by Crippen LogP contribution is -2.29. The van der Waals surface area contributed by atoms with E-state index in [1.165, 1.54) is 0 Å². The molecule has 0 bridgehead atoms. The van der Waals surface area contributed by atoms with Crippen LogP contribution in [0.3, 0.4) is 0 Å². The van der Waals surface area contributed by atoms with Crippen molar-refractivity contribution in [2.75, 3.05) is 12.4 Å². The minimum atomic E-state index is -3.64. The predicted octanol–water partition coefficient (Wildman–Crippen LogP) is 4.39. The van der Waals surface area contributed by atoms with E-state index in [2.05, 4.69) is 0 Å². The van der Waals surface area contributed by atoms with E-state index < -0.39 is 27.6 Å². The molecule has 5 nitrogen and oxygen atoms in total. The van der Waals surface area contributed by atoms with Gasteiger partial charge in [-0.2, -0.15) is 5.26 Å². The van der Waals surface area contributed by atoms with E-state index in [0.29, 0.717) is 21.2 Å². The van der Waals surface area contributed by atoms with Gasteiger partial charge in [-0.3, -0.25) is 4.79 Å². The number of rotatable bonds is 8. The maximum Gasteiger partial charge on any atom is 0.323 e. The number of halogens is 2. The molecule has 0 fully saturated rings. The van der Waals surface area contributed by atoms with Crippen molar-refractivity contribution >= 4 is 39.0 Å². The van der Waals surface area contributed by atoms with Crippen LogP contribution in [0.1, 0.15) is 24.0 Å². The van der Waals surface area contributed by atoms with E-state index in [4.69, 9.17) is 27.9 Å². The number of nitrogens with zero attached hydrogens (tertiary/aromatic N) is 1. The molecule has 0 aliphatic heterocycles. The van der Waals surface area contributed by atoms with Crippen LogP contribution < -0.4 is 0 Å². The van der Waals surface area contributed by atoms with Crippen LogP contribution >= 0.6 is 23.2 Å². The molecule has 0 N–H and O–H groups in total. The van der Waals surface area contributed by atoms with Gasteiger partial charge in [0.05, 0.1) is 24.2 Å². The van der Waals surface area contributed by atoms with E-state index >= 15 is 0 Å². The largest absolute Gasteiger partial charge is 0.465 e. The first-order chi connectivity index (χ1) is 13.3. The summed E-state index contributed by atoms with van der Waals surface area (Å²) in [6.45, 7) is 1.72. The molecule has 148 valence electrons. The van der Waals surface area contributed by atoms with E-state index in [1.54, 1.807) is 55.5 Å². The summed E-state index contributed by atoms with van der Waals surface area (Å²) in [5.41, 5.74) is 1.10. The van der Waals surface area contributed by atoms with Crippen molar-refractivity contribution in [3.8, 4) is 6.07 Å². The fourth-order valence-corrected chi connectivity index (χ4v) is 4.80. The Labute approximate surface area is 174 Å². The number of esters is 1. The lowest BCUT2D eigenvalue weighted by Gasteiger charge is -2.21. The van der Waals surface area contributed by atoms with Crippen LogP contribution in [0.5, 0.6) is 0 Å². The number of benzene rings is 2. The van der Waals surface area contributed by atoms with Crippen molar-refractivity contribution in [1.82, 2.24) is 0 Å². The average molecular weight is 440 g/mol. The number of hydrogen-bond donors (Lipinski definition) is 0. The van der Waals surface area contributed by atoms with Gasteiger partial charge < -0.3 is 4.74 Å². The van der Waals surface area contributed by atoms with Crippen LogP contribution in [-0.4, -0.2) is 26.7 Å². The van der Waals surface area contributed by atoms with E-state index in [9.17, 15) is 18.5 Å². The van der Waals surface area contributed by atoms with E-state index in [1.807, 2.05) is 6.07 Å². The number of carbonyl (C=O) groups excluding carboxylic acids is 1. The Kier molecular flexibility index (Phi) is 7.88. The van der Waals surface area contributed by atoms with Crippen LogP contribution in [0.25, 0.3) is 0 Å². The van der Waals surface area contributed by atoms with Crippen molar-refractivity contribution in [1.29, 1.82) is 5.26 Å². The van der Waals surface area contributed by atoms with Gasteiger partial charge in [0.2, 0.25) is 0 Å². The molecule has 0 saturated carbocycles. The van der Waals surface area contributed by atoms with Gasteiger partial charge in [0.15, 0.2) is 15.8 Å². The molecule has 28 heavy (non-hydrogen) atoms. The molecule has 0 spiro atoms. The smallest absolute Gasteiger partial charge is 0.323 e. The molecule has 2 atom stereocenters. The Morgan fingerprint density at radius 1 is 1.07 bits per heavy atom. The number of ether oxygens (including phenoxy) is 1. The first-order valence-electron chi connectivity index (χ1n) is 8.52. The van der Waals surface area contributed by atoms with Crippen LogP contribution in [-0.2, 0) is 25.1 Å². The highest BCUT2D eigenvalue weighted by Crippen LogP contribution is 2.29. The van der Waals surface area contributed by atoms with Crippen molar-refractivity contribution in [3.05, 3.63) is 69.7 Å². The summed E-state index contributed by atoms with van der Waals surface area (Å²) < 4.78 is 30.6. The molecule has 0 radical (unpaired) electrons. The molecule has 2 unspecified atom stereocenters. The second-order valence-electron chi connectivity index (χ2n) is 6.20. The Balaban J connectivity index is 2.34. The van der Waals surface area contributed by atoms with Crippen molar-refractivity contribution in [3.63, 3.8) is 0 Å². The van der Waals surface area contributed by atoms with Crippen LogP contribution in [0.15, 0.2) is 48.5 Å². The molecule has 0 heterocycles. The van der Waals surface area contributed by atoms with Crippen LogP contribution in [0.2, 0.25) is 10.0 Å². The Morgan fingerprint density at radius 3 is 2.11 bits per heavy atom. The summed E-state index contributed by atoms with van der Waals surface area (Å²) in [6, 6.07) is 14.8. The molecular weight excluding hydrogens is 421 g/mol. The lowest BCUT2D eigenvalue weighted by molar-refractivity contribution is -0.146. The van der Waals surface area contributed by atoms with Gasteiger partial charge in [-0.1, -0.05) is 47.5 Å². The Hall–Kier alpha value is -2.07. The lowest BCUT2D eigenvalue weighted by atomic mass is 9.88. The summed E-state index contributed by atoms with van der Waals surface area (Å²) in [4.78, 5) is 12.3. The molecule has 2 aromatic carbocycles. The average Bonchev–Trinajstić information content (AvgIpc) is 2.64. The number of carbonyl (C=O) groups is 1. The van der Waals surface area contributed by atoms with Gasteiger partial charge in [0.1, 0.15) is 0 Å². The summed E-state index contributed by atoms with van der Waals surface area (Å²) >= 11 is 11.7. The van der Waals surface area contributed by atoms with Gasteiger partial charge in [0, 0.05) is 16.0 Å². The van der Waals surface area contributed by atoms with E-state index in [-0.39, 0.29) is 18.1 Å². The molecule has 2 rings (SSSR count). The fourth-order valence-electron chi connectivity index (χ4n) is 2.80. The third-order valence-corrected chi connectivity index (χ3v) is 6.26. The van der Waals surface area contributed by atoms with Crippen molar-refractivity contribution < 1.29 is 17.9 Å². The van der Waals surface area contributed by atoms with E-state index in [0.717, 1.165) is 0 Å². The monoisotopic (exact) mass is 439 g/mol. The fraction of sp³-hybridized carbons (Fsp3) is 0.300. The van der Waals surface area contributed by atoms with Gasteiger partial charge in [-0.05, 0) is 42.3 Å². The van der Waals surface area contributed by atoms with Crippen LogP contribution in [0, 0.1) is 17.2 Å². The third-order valence-electron chi connectivity index (χ3n) is 4.11. The first kappa shape index (κ1) is 22.2. The molecular formula is C20H19Cl2NO4S. The van der Waals surface area contributed by atoms with Crippen LogP contribution in [0.4, 0.5) is 0 Å². The Bertz CT molecular complexity index is 951.